The molecule has 0 atom stereocenters. The number of hydrogen-bond donors (Lipinski definition) is 2. The van der Waals surface area contributed by atoms with Crippen LogP contribution in [0, 0.1) is 11.8 Å². The molecule has 1 N–H and O–H groups in total. The lowest BCUT2D eigenvalue weighted by atomic mass is 10.3. The molecule has 0 aromatic carbocycles. The summed E-state index contributed by atoms with van der Waals surface area (Å²) in [6.07, 6.45) is 3.90. The fourth-order valence-electron chi connectivity index (χ4n) is 0.727. The van der Waals surface area contributed by atoms with Gasteiger partial charge < -0.3 is 4.98 Å². The number of H-pyrrole nitrogens is 1. The van der Waals surface area contributed by atoms with E-state index < -0.39 is 0 Å². The van der Waals surface area contributed by atoms with E-state index in [9.17, 15) is 4.79 Å². The minimum absolute atomic E-state index is 0.0413. The van der Waals surface area contributed by atoms with Crippen LogP contribution in [0.2, 0.25) is 0 Å². The molecule has 1 aromatic heterocycles. The zero-order chi connectivity index (χ0) is 8.81. The predicted octanol–water partition coefficient (Wildman–Crippen LogP) is 1.05. The first kappa shape index (κ1) is 8.95. The second-order valence-corrected chi connectivity index (χ2v) is 2.64. The Hall–Kier alpha value is -1.14. The molecule has 0 saturated heterocycles. The van der Waals surface area contributed by atoms with Crippen molar-refractivity contribution in [2.45, 2.75) is 6.42 Å². The van der Waals surface area contributed by atoms with E-state index in [1.807, 2.05) is 0 Å². The van der Waals surface area contributed by atoms with E-state index in [-0.39, 0.29) is 5.43 Å². The first-order valence-corrected chi connectivity index (χ1v) is 4.24. The van der Waals surface area contributed by atoms with Crippen molar-refractivity contribution in [2.24, 2.45) is 0 Å². The van der Waals surface area contributed by atoms with Gasteiger partial charge in [-0.05, 0) is 0 Å². The molecule has 0 aliphatic carbocycles. The van der Waals surface area contributed by atoms with Crippen molar-refractivity contribution < 1.29 is 0 Å². The number of aromatic amines is 1. The third-order valence-corrected chi connectivity index (χ3v) is 1.51. The Morgan fingerprint density at radius 2 is 2.42 bits per heavy atom. The van der Waals surface area contributed by atoms with Gasteiger partial charge in [-0.1, -0.05) is 11.8 Å². The number of aromatic nitrogens is 1. The van der Waals surface area contributed by atoms with Crippen LogP contribution in [0.1, 0.15) is 12.0 Å². The molecule has 0 radical (unpaired) electrons. The van der Waals surface area contributed by atoms with Crippen molar-refractivity contribution >= 4 is 12.6 Å². The number of pyridine rings is 1. The summed E-state index contributed by atoms with van der Waals surface area (Å²) in [5, 5.41) is 0. The van der Waals surface area contributed by atoms with Crippen LogP contribution < -0.4 is 5.43 Å². The Kier molecular flexibility index (Phi) is 3.49. The molecule has 0 aliphatic rings. The highest BCUT2D eigenvalue weighted by atomic mass is 32.1. The summed E-state index contributed by atoms with van der Waals surface area (Å²) in [7, 11) is 0. The minimum Gasteiger partial charge on any atom is -0.366 e. The molecule has 12 heavy (non-hydrogen) atoms. The Bertz CT molecular complexity index is 359. The second-order valence-electron chi connectivity index (χ2n) is 2.20. The fourth-order valence-corrected chi connectivity index (χ4v) is 0.839. The van der Waals surface area contributed by atoms with Crippen LogP contribution in [0.4, 0.5) is 0 Å². The molecule has 62 valence electrons. The Labute approximate surface area is 76.4 Å². The molecule has 0 saturated carbocycles. The molecule has 0 aliphatic heterocycles. The minimum atomic E-state index is -0.0413. The lowest BCUT2D eigenvalue weighted by Gasteiger charge is -1.85. The van der Waals surface area contributed by atoms with Gasteiger partial charge in [-0.25, -0.2) is 0 Å². The third-order valence-electron chi connectivity index (χ3n) is 1.28. The van der Waals surface area contributed by atoms with Crippen molar-refractivity contribution in [2.75, 3.05) is 5.75 Å². The Balaban J connectivity index is 2.85. The lowest BCUT2D eigenvalue weighted by molar-refractivity contribution is 1.27. The number of thiol groups is 1. The molecule has 0 amide bonds. The van der Waals surface area contributed by atoms with Gasteiger partial charge in [-0.2, -0.15) is 12.6 Å². The summed E-state index contributed by atoms with van der Waals surface area (Å²) in [4.78, 5) is 13.9. The first-order valence-electron chi connectivity index (χ1n) is 3.61. The molecule has 1 heterocycles. The smallest absolute Gasteiger partial charge is 0.197 e. The van der Waals surface area contributed by atoms with E-state index in [0.717, 1.165) is 5.75 Å². The molecular weight excluding hydrogens is 170 g/mol. The van der Waals surface area contributed by atoms with E-state index in [4.69, 9.17) is 0 Å². The maximum atomic E-state index is 11.1. The number of nitrogens with one attached hydrogen (secondary N) is 1. The highest BCUT2D eigenvalue weighted by molar-refractivity contribution is 7.80. The lowest BCUT2D eigenvalue weighted by Crippen LogP contribution is -2.02. The summed E-state index contributed by atoms with van der Waals surface area (Å²) in [6.45, 7) is 0. The average molecular weight is 179 g/mol. The first-order chi connectivity index (χ1) is 5.84. The SMILES string of the molecule is O=c1cc[nH]cc1C#CCCS. The van der Waals surface area contributed by atoms with E-state index in [2.05, 4.69) is 29.5 Å². The Morgan fingerprint density at radius 1 is 1.58 bits per heavy atom. The second kappa shape index (κ2) is 4.68. The van der Waals surface area contributed by atoms with E-state index in [0.29, 0.717) is 12.0 Å². The molecule has 1 aromatic rings. The van der Waals surface area contributed by atoms with Crippen LogP contribution in [0.25, 0.3) is 0 Å². The number of hydrogen-bond acceptors (Lipinski definition) is 2. The summed E-state index contributed by atoms with van der Waals surface area (Å²) in [5.74, 6) is 6.34. The maximum Gasteiger partial charge on any atom is 0.197 e. The normalized spacial score (nSPS) is 8.75. The van der Waals surface area contributed by atoms with E-state index >= 15 is 0 Å². The van der Waals surface area contributed by atoms with Crippen molar-refractivity contribution in [1.29, 1.82) is 0 Å². The van der Waals surface area contributed by atoms with Crippen molar-refractivity contribution in [1.82, 2.24) is 4.98 Å². The van der Waals surface area contributed by atoms with Crippen molar-refractivity contribution in [3.05, 3.63) is 34.2 Å². The van der Waals surface area contributed by atoms with Gasteiger partial charge in [0, 0.05) is 30.6 Å². The monoisotopic (exact) mass is 179 g/mol. The zero-order valence-corrected chi connectivity index (χ0v) is 7.40. The van der Waals surface area contributed by atoms with Gasteiger partial charge in [-0.3, -0.25) is 4.79 Å². The summed E-state index contributed by atoms with van der Waals surface area (Å²) >= 11 is 4.00. The van der Waals surface area contributed by atoms with Gasteiger partial charge in [0.15, 0.2) is 5.43 Å². The molecule has 0 spiro atoms. The molecule has 0 bridgehead atoms. The van der Waals surface area contributed by atoms with Gasteiger partial charge in [0.05, 0.1) is 5.56 Å². The fraction of sp³-hybridized carbons (Fsp3) is 0.222. The third kappa shape index (κ3) is 2.48. The van der Waals surface area contributed by atoms with Crippen LogP contribution >= 0.6 is 12.6 Å². The van der Waals surface area contributed by atoms with Gasteiger partial charge in [-0.15, -0.1) is 0 Å². The van der Waals surface area contributed by atoms with E-state index in [1.165, 1.54) is 6.07 Å². The van der Waals surface area contributed by atoms with Crippen molar-refractivity contribution in [3.63, 3.8) is 0 Å². The Morgan fingerprint density at radius 3 is 3.08 bits per heavy atom. The van der Waals surface area contributed by atoms with Crippen LogP contribution in [0.15, 0.2) is 23.3 Å². The summed E-state index contributed by atoms with van der Waals surface area (Å²) in [5.41, 5.74) is 0.472. The maximum absolute atomic E-state index is 11.1. The summed E-state index contributed by atoms with van der Waals surface area (Å²) in [6, 6.07) is 1.46. The predicted molar refractivity (Wildman–Crippen MR) is 52.4 cm³/mol. The molecule has 1 rings (SSSR count). The topological polar surface area (TPSA) is 32.9 Å². The highest BCUT2D eigenvalue weighted by Crippen LogP contribution is 1.85. The van der Waals surface area contributed by atoms with Crippen LogP contribution in [-0.4, -0.2) is 10.7 Å². The van der Waals surface area contributed by atoms with Gasteiger partial charge >= 0.3 is 0 Å². The average Bonchev–Trinajstić information content (AvgIpc) is 2.09. The van der Waals surface area contributed by atoms with Gasteiger partial charge in [0.2, 0.25) is 0 Å². The van der Waals surface area contributed by atoms with Crippen LogP contribution in [0.3, 0.4) is 0 Å². The van der Waals surface area contributed by atoms with Crippen LogP contribution in [0.5, 0.6) is 0 Å². The standard InChI is InChI=1S/C9H9NOS/c11-9-4-5-10-7-8(9)3-1-2-6-12/h4-5,7,12H,2,6H2,(H,10,11). The van der Waals surface area contributed by atoms with Crippen molar-refractivity contribution in [3.8, 4) is 11.8 Å². The largest absolute Gasteiger partial charge is 0.366 e. The van der Waals surface area contributed by atoms with E-state index in [1.54, 1.807) is 12.4 Å². The molecule has 2 nitrogen and oxygen atoms in total. The quantitative estimate of drug-likeness (QED) is 0.490. The number of rotatable bonds is 1. The molecule has 0 unspecified atom stereocenters. The highest BCUT2D eigenvalue weighted by Gasteiger charge is 1.89. The molecule has 0 fully saturated rings. The zero-order valence-electron chi connectivity index (χ0n) is 6.50. The van der Waals surface area contributed by atoms with Crippen LogP contribution in [-0.2, 0) is 0 Å². The van der Waals surface area contributed by atoms with Gasteiger partial charge in [0.25, 0.3) is 0 Å². The molecule has 3 heteroatoms. The molecular formula is C9H9NOS. The summed E-state index contributed by atoms with van der Waals surface area (Å²) < 4.78 is 0. The van der Waals surface area contributed by atoms with Gasteiger partial charge in [0.1, 0.15) is 0 Å².